The van der Waals surface area contributed by atoms with Crippen LogP contribution in [-0.2, 0) is 4.79 Å². The minimum atomic E-state index is -0.152. The van der Waals surface area contributed by atoms with E-state index in [1.807, 2.05) is 55.5 Å². The van der Waals surface area contributed by atoms with Gasteiger partial charge >= 0.3 is 0 Å². The van der Waals surface area contributed by atoms with Gasteiger partial charge in [0.2, 0.25) is 5.91 Å². The number of amides is 1. The fourth-order valence-corrected chi connectivity index (χ4v) is 3.35. The molecule has 1 N–H and O–H groups in total. The van der Waals surface area contributed by atoms with Gasteiger partial charge in [-0.3, -0.25) is 4.79 Å². The molecule has 0 spiro atoms. The Hall–Kier alpha value is -1.74. The summed E-state index contributed by atoms with van der Waals surface area (Å²) in [6, 6.07) is 16.0. The average Bonchev–Trinajstić information content (AvgIpc) is 2.39. The van der Waals surface area contributed by atoms with E-state index >= 15 is 0 Å². The molecule has 0 saturated carbocycles. The van der Waals surface area contributed by atoms with E-state index in [9.17, 15) is 4.79 Å². The Morgan fingerprint density at radius 2 is 1.78 bits per heavy atom. The van der Waals surface area contributed by atoms with Gasteiger partial charge in [0.05, 0.1) is 5.69 Å². The SMILES string of the molecule is Cc1ccccc1C1Sc2ccccc2NC1=O. The molecule has 1 amide bonds. The molecule has 0 aromatic heterocycles. The maximum Gasteiger partial charge on any atom is 0.242 e. The molecular formula is C15H13NOS. The predicted molar refractivity (Wildman–Crippen MR) is 74.8 cm³/mol. The van der Waals surface area contributed by atoms with E-state index in [1.165, 1.54) is 0 Å². The van der Waals surface area contributed by atoms with Gasteiger partial charge in [0.25, 0.3) is 0 Å². The molecule has 1 aliphatic rings. The van der Waals surface area contributed by atoms with Gasteiger partial charge in [-0.2, -0.15) is 0 Å². The zero-order valence-corrected chi connectivity index (χ0v) is 10.8. The van der Waals surface area contributed by atoms with Crippen molar-refractivity contribution in [2.24, 2.45) is 0 Å². The molecule has 3 rings (SSSR count). The predicted octanol–water partition coefficient (Wildman–Crippen LogP) is 3.78. The van der Waals surface area contributed by atoms with Crippen LogP contribution in [0, 0.1) is 6.92 Å². The lowest BCUT2D eigenvalue weighted by Gasteiger charge is -2.25. The quantitative estimate of drug-likeness (QED) is 0.840. The van der Waals surface area contributed by atoms with Crippen LogP contribution in [0.5, 0.6) is 0 Å². The number of thioether (sulfide) groups is 1. The van der Waals surface area contributed by atoms with Crippen LogP contribution in [0.1, 0.15) is 16.4 Å². The highest BCUT2D eigenvalue weighted by atomic mass is 32.2. The second-order valence-corrected chi connectivity index (χ2v) is 5.49. The van der Waals surface area contributed by atoms with E-state index in [-0.39, 0.29) is 11.2 Å². The molecule has 3 heteroatoms. The zero-order valence-electron chi connectivity index (χ0n) is 10.0. The number of benzene rings is 2. The number of aryl methyl sites for hydroxylation is 1. The van der Waals surface area contributed by atoms with Crippen molar-refractivity contribution >= 4 is 23.4 Å². The third-order valence-corrected chi connectivity index (χ3v) is 4.41. The Morgan fingerprint density at radius 3 is 2.61 bits per heavy atom. The smallest absolute Gasteiger partial charge is 0.242 e. The average molecular weight is 255 g/mol. The van der Waals surface area contributed by atoms with E-state index in [1.54, 1.807) is 11.8 Å². The summed E-state index contributed by atoms with van der Waals surface area (Å²) in [5.74, 6) is 0.0630. The van der Waals surface area contributed by atoms with Gasteiger partial charge in [-0.15, -0.1) is 11.8 Å². The van der Waals surface area contributed by atoms with Gasteiger partial charge in [-0.25, -0.2) is 0 Å². The van der Waals surface area contributed by atoms with E-state index in [0.717, 1.165) is 21.7 Å². The molecule has 2 aromatic rings. The fourth-order valence-electron chi connectivity index (χ4n) is 2.14. The molecule has 0 aliphatic carbocycles. The number of fused-ring (bicyclic) bond motifs is 1. The molecular weight excluding hydrogens is 242 g/mol. The Morgan fingerprint density at radius 1 is 1.06 bits per heavy atom. The van der Waals surface area contributed by atoms with Crippen molar-refractivity contribution in [1.82, 2.24) is 0 Å². The van der Waals surface area contributed by atoms with Crippen LogP contribution >= 0.6 is 11.8 Å². The monoisotopic (exact) mass is 255 g/mol. The second kappa shape index (κ2) is 4.50. The Labute approximate surface area is 110 Å². The van der Waals surface area contributed by atoms with E-state index < -0.39 is 0 Å². The molecule has 1 heterocycles. The van der Waals surface area contributed by atoms with Crippen molar-refractivity contribution in [3.63, 3.8) is 0 Å². The van der Waals surface area contributed by atoms with Gasteiger partial charge < -0.3 is 5.32 Å². The summed E-state index contributed by atoms with van der Waals surface area (Å²) in [6.45, 7) is 2.05. The van der Waals surface area contributed by atoms with Crippen molar-refractivity contribution in [2.45, 2.75) is 17.1 Å². The number of rotatable bonds is 1. The van der Waals surface area contributed by atoms with Gasteiger partial charge in [-0.1, -0.05) is 36.4 Å². The number of carbonyl (C=O) groups excluding carboxylic acids is 1. The summed E-state index contributed by atoms with van der Waals surface area (Å²) < 4.78 is 0. The largest absolute Gasteiger partial charge is 0.324 e. The van der Waals surface area contributed by atoms with E-state index in [2.05, 4.69) is 5.32 Å². The lowest BCUT2D eigenvalue weighted by Crippen LogP contribution is -2.23. The number of hydrogen-bond acceptors (Lipinski definition) is 2. The molecule has 90 valence electrons. The first-order chi connectivity index (χ1) is 8.75. The van der Waals surface area contributed by atoms with E-state index in [4.69, 9.17) is 0 Å². The van der Waals surface area contributed by atoms with Crippen LogP contribution in [0.25, 0.3) is 0 Å². The molecule has 0 saturated heterocycles. The van der Waals surface area contributed by atoms with Crippen molar-refractivity contribution < 1.29 is 4.79 Å². The highest BCUT2D eigenvalue weighted by Gasteiger charge is 2.28. The van der Waals surface area contributed by atoms with Crippen molar-refractivity contribution in [3.05, 3.63) is 59.7 Å². The van der Waals surface area contributed by atoms with Crippen LogP contribution < -0.4 is 5.32 Å². The number of para-hydroxylation sites is 1. The highest BCUT2D eigenvalue weighted by molar-refractivity contribution is 8.00. The Balaban J connectivity index is 2.01. The highest BCUT2D eigenvalue weighted by Crippen LogP contribution is 2.44. The Kier molecular flexibility index (Phi) is 2.84. The first kappa shape index (κ1) is 11.4. The first-order valence-corrected chi connectivity index (χ1v) is 6.76. The van der Waals surface area contributed by atoms with Crippen LogP contribution in [-0.4, -0.2) is 5.91 Å². The molecule has 2 aromatic carbocycles. The summed E-state index contributed by atoms with van der Waals surface area (Å²) >= 11 is 1.62. The summed E-state index contributed by atoms with van der Waals surface area (Å²) in [5.41, 5.74) is 3.16. The third-order valence-electron chi connectivity index (χ3n) is 3.10. The summed E-state index contributed by atoms with van der Waals surface area (Å²) in [6.07, 6.45) is 0. The number of nitrogens with one attached hydrogen (secondary N) is 1. The van der Waals surface area contributed by atoms with Gasteiger partial charge in [0.15, 0.2) is 0 Å². The van der Waals surface area contributed by atoms with Gasteiger partial charge in [0, 0.05) is 4.90 Å². The minimum Gasteiger partial charge on any atom is -0.324 e. The zero-order chi connectivity index (χ0) is 12.5. The topological polar surface area (TPSA) is 29.1 Å². The first-order valence-electron chi connectivity index (χ1n) is 5.88. The Bertz CT molecular complexity index is 609. The lowest BCUT2D eigenvalue weighted by molar-refractivity contribution is -0.115. The van der Waals surface area contributed by atoms with Crippen LogP contribution in [0.3, 0.4) is 0 Å². The van der Waals surface area contributed by atoms with Crippen molar-refractivity contribution in [2.75, 3.05) is 5.32 Å². The maximum atomic E-state index is 12.2. The molecule has 2 nitrogen and oxygen atoms in total. The van der Waals surface area contributed by atoms with Crippen molar-refractivity contribution in [1.29, 1.82) is 0 Å². The van der Waals surface area contributed by atoms with E-state index in [0.29, 0.717) is 0 Å². The normalized spacial score (nSPS) is 18.1. The third kappa shape index (κ3) is 1.91. The van der Waals surface area contributed by atoms with Crippen LogP contribution in [0.4, 0.5) is 5.69 Å². The van der Waals surface area contributed by atoms with Crippen molar-refractivity contribution in [3.8, 4) is 0 Å². The van der Waals surface area contributed by atoms with Crippen LogP contribution in [0.15, 0.2) is 53.4 Å². The minimum absolute atomic E-state index is 0.0630. The molecule has 1 atom stereocenters. The number of anilines is 1. The van der Waals surface area contributed by atoms with Gasteiger partial charge in [-0.05, 0) is 30.2 Å². The molecule has 1 aliphatic heterocycles. The van der Waals surface area contributed by atoms with Gasteiger partial charge in [0.1, 0.15) is 5.25 Å². The summed E-state index contributed by atoms with van der Waals surface area (Å²) in [5, 5.41) is 2.82. The molecule has 0 radical (unpaired) electrons. The summed E-state index contributed by atoms with van der Waals surface area (Å²) in [7, 11) is 0. The molecule has 18 heavy (non-hydrogen) atoms. The molecule has 1 unspecified atom stereocenters. The number of carbonyl (C=O) groups is 1. The van der Waals surface area contributed by atoms with Crippen LogP contribution in [0.2, 0.25) is 0 Å². The number of hydrogen-bond donors (Lipinski definition) is 1. The molecule has 0 fully saturated rings. The lowest BCUT2D eigenvalue weighted by atomic mass is 10.0. The maximum absolute atomic E-state index is 12.2. The molecule has 0 bridgehead atoms. The summed E-state index contributed by atoms with van der Waals surface area (Å²) in [4.78, 5) is 13.3. The fraction of sp³-hybridized carbons (Fsp3) is 0.133. The second-order valence-electron chi connectivity index (χ2n) is 4.34. The standard InChI is InChI=1S/C15H13NOS/c1-10-6-2-3-7-11(10)14-15(17)16-12-8-4-5-9-13(12)18-14/h2-9,14H,1H3,(H,16,17).